The summed E-state index contributed by atoms with van der Waals surface area (Å²) >= 11 is 0. The number of rotatable bonds is 4. The van der Waals surface area contributed by atoms with E-state index in [0.29, 0.717) is 11.8 Å². The highest BCUT2D eigenvalue weighted by Crippen LogP contribution is 2.34. The van der Waals surface area contributed by atoms with Gasteiger partial charge in [-0.25, -0.2) is 13.1 Å². The Hall–Kier alpha value is -0.0900. The lowest BCUT2D eigenvalue weighted by Gasteiger charge is -2.38. The first-order valence-electron chi connectivity index (χ1n) is 5.34. The van der Waals surface area contributed by atoms with Gasteiger partial charge in [-0.2, -0.15) is 0 Å². The second-order valence-electron chi connectivity index (χ2n) is 4.88. The third-order valence-corrected chi connectivity index (χ3v) is 4.97. The molecule has 14 heavy (non-hydrogen) atoms. The minimum absolute atomic E-state index is 0.190. The molecule has 1 N–H and O–H groups in total. The summed E-state index contributed by atoms with van der Waals surface area (Å²) in [4.78, 5) is 0. The fourth-order valence-corrected chi connectivity index (χ4v) is 2.60. The van der Waals surface area contributed by atoms with E-state index in [9.17, 15) is 8.42 Å². The van der Waals surface area contributed by atoms with Gasteiger partial charge in [0.2, 0.25) is 10.0 Å². The Labute approximate surface area is 87.3 Å². The second-order valence-corrected chi connectivity index (χ2v) is 7.15. The maximum atomic E-state index is 11.5. The highest BCUT2D eigenvalue weighted by molar-refractivity contribution is 7.90. The zero-order chi connectivity index (χ0) is 10.9. The molecule has 0 saturated heterocycles. The van der Waals surface area contributed by atoms with Crippen LogP contribution in [0.1, 0.15) is 40.5 Å². The molecule has 1 rings (SSSR count). The van der Waals surface area contributed by atoms with E-state index in [1.165, 1.54) is 0 Å². The first-order valence-corrected chi connectivity index (χ1v) is 6.88. The number of hydrogen-bond acceptors (Lipinski definition) is 2. The van der Waals surface area contributed by atoms with E-state index >= 15 is 0 Å². The summed E-state index contributed by atoms with van der Waals surface area (Å²) in [5, 5.41) is -0.319. The second kappa shape index (κ2) is 4.19. The fraction of sp³-hybridized carbons (Fsp3) is 1.00. The lowest BCUT2D eigenvalue weighted by atomic mass is 9.74. The number of sulfonamides is 1. The largest absolute Gasteiger partial charge is 0.214 e. The molecule has 1 saturated carbocycles. The molecule has 0 bridgehead atoms. The first-order chi connectivity index (χ1) is 6.33. The molecule has 0 aromatic carbocycles. The highest BCUT2D eigenvalue weighted by atomic mass is 32.2. The SMILES string of the molecule is CC(C)S(=O)(=O)N[C@H]1C[C@@H](C(C)C)C1. The Kier molecular flexibility index (Phi) is 3.58. The average molecular weight is 219 g/mol. The third-order valence-electron chi connectivity index (χ3n) is 3.07. The van der Waals surface area contributed by atoms with Crippen molar-refractivity contribution in [1.29, 1.82) is 0 Å². The highest BCUT2D eigenvalue weighted by Gasteiger charge is 2.34. The van der Waals surface area contributed by atoms with Crippen LogP contribution in [0, 0.1) is 11.8 Å². The van der Waals surface area contributed by atoms with Crippen LogP contribution in [0.5, 0.6) is 0 Å². The van der Waals surface area contributed by atoms with Crippen LogP contribution in [0.2, 0.25) is 0 Å². The Morgan fingerprint density at radius 2 is 1.64 bits per heavy atom. The van der Waals surface area contributed by atoms with Crippen molar-refractivity contribution in [3.8, 4) is 0 Å². The van der Waals surface area contributed by atoms with Crippen molar-refractivity contribution in [3.05, 3.63) is 0 Å². The van der Waals surface area contributed by atoms with Gasteiger partial charge < -0.3 is 0 Å². The van der Waals surface area contributed by atoms with Gasteiger partial charge in [0.05, 0.1) is 5.25 Å². The van der Waals surface area contributed by atoms with Gasteiger partial charge >= 0.3 is 0 Å². The van der Waals surface area contributed by atoms with Crippen LogP contribution in [0.25, 0.3) is 0 Å². The third kappa shape index (κ3) is 2.70. The molecule has 1 aliphatic carbocycles. The normalized spacial score (nSPS) is 28.1. The van der Waals surface area contributed by atoms with Crippen molar-refractivity contribution in [1.82, 2.24) is 4.72 Å². The number of hydrogen-bond donors (Lipinski definition) is 1. The molecule has 1 fully saturated rings. The Morgan fingerprint density at radius 1 is 1.14 bits per heavy atom. The summed E-state index contributed by atoms with van der Waals surface area (Å²) in [5.74, 6) is 1.38. The summed E-state index contributed by atoms with van der Waals surface area (Å²) in [6, 6.07) is 0.190. The van der Waals surface area contributed by atoms with Gasteiger partial charge in [-0.1, -0.05) is 13.8 Å². The summed E-state index contributed by atoms with van der Waals surface area (Å²) in [6.07, 6.45) is 2.01. The molecule has 0 radical (unpaired) electrons. The molecule has 84 valence electrons. The van der Waals surface area contributed by atoms with Crippen LogP contribution in [0.15, 0.2) is 0 Å². The van der Waals surface area contributed by atoms with Crippen molar-refractivity contribution in [3.63, 3.8) is 0 Å². The maximum absolute atomic E-state index is 11.5. The van der Waals surface area contributed by atoms with Crippen LogP contribution < -0.4 is 4.72 Å². The average Bonchev–Trinajstić information content (AvgIpc) is 1.94. The summed E-state index contributed by atoms with van der Waals surface area (Å²) in [5.41, 5.74) is 0. The molecular formula is C10H21NO2S. The molecular weight excluding hydrogens is 198 g/mol. The molecule has 0 aliphatic heterocycles. The number of nitrogens with one attached hydrogen (secondary N) is 1. The first kappa shape index (κ1) is 12.0. The van der Waals surface area contributed by atoms with Crippen molar-refractivity contribution >= 4 is 10.0 Å². The predicted molar refractivity (Wildman–Crippen MR) is 58.5 cm³/mol. The topological polar surface area (TPSA) is 46.2 Å². The molecule has 0 amide bonds. The lowest BCUT2D eigenvalue weighted by Crippen LogP contribution is -2.47. The van der Waals surface area contributed by atoms with Gasteiger partial charge in [0.25, 0.3) is 0 Å². The molecule has 3 nitrogen and oxygen atoms in total. The van der Waals surface area contributed by atoms with Crippen LogP contribution in [0.4, 0.5) is 0 Å². The van der Waals surface area contributed by atoms with Crippen molar-refractivity contribution in [2.75, 3.05) is 0 Å². The smallest absolute Gasteiger partial charge is 0.212 e. The standard InChI is InChI=1S/C10H21NO2S/c1-7(2)9-5-10(6-9)11-14(12,13)8(3)4/h7-11H,5-6H2,1-4H3/t9-,10+. The van der Waals surface area contributed by atoms with Gasteiger partial charge in [0.15, 0.2) is 0 Å². The van der Waals surface area contributed by atoms with E-state index in [-0.39, 0.29) is 11.3 Å². The van der Waals surface area contributed by atoms with Crippen LogP contribution >= 0.6 is 0 Å². The Morgan fingerprint density at radius 3 is 2.00 bits per heavy atom. The van der Waals surface area contributed by atoms with E-state index in [1.54, 1.807) is 13.8 Å². The monoisotopic (exact) mass is 219 g/mol. The van der Waals surface area contributed by atoms with E-state index in [4.69, 9.17) is 0 Å². The zero-order valence-electron chi connectivity index (χ0n) is 9.45. The summed E-state index contributed by atoms with van der Waals surface area (Å²) < 4.78 is 25.7. The lowest BCUT2D eigenvalue weighted by molar-refractivity contribution is 0.186. The Bertz CT molecular complexity index is 276. The van der Waals surface area contributed by atoms with Crippen LogP contribution in [-0.4, -0.2) is 19.7 Å². The molecule has 0 aromatic heterocycles. The van der Waals surface area contributed by atoms with Crippen LogP contribution in [-0.2, 0) is 10.0 Å². The minimum Gasteiger partial charge on any atom is -0.212 e. The van der Waals surface area contributed by atoms with Gasteiger partial charge in [0.1, 0.15) is 0 Å². The minimum atomic E-state index is -3.06. The molecule has 0 unspecified atom stereocenters. The van der Waals surface area contributed by atoms with Gasteiger partial charge in [0, 0.05) is 6.04 Å². The van der Waals surface area contributed by atoms with E-state index in [1.807, 2.05) is 0 Å². The van der Waals surface area contributed by atoms with Crippen molar-refractivity contribution in [2.45, 2.75) is 51.8 Å². The van der Waals surface area contributed by atoms with Crippen LogP contribution in [0.3, 0.4) is 0 Å². The van der Waals surface area contributed by atoms with Gasteiger partial charge in [-0.05, 0) is 38.5 Å². The molecule has 4 heteroatoms. The van der Waals surface area contributed by atoms with E-state index < -0.39 is 10.0 Å². The summed E-state index contributed by atoms with van der Waals surface area (Å²) in [6.45, 7) is 7.80. The fourth-order valence-electron chi connectivity index (χ4n) is 1.67. The van der Waals surface area contributed by atoms with Gasteiger partial charge in [-0.3, -0.25) is 0 Å². The predicted octanol–water partition coefficient (Wildman–Crippen LogP) is 1.75. The van der Waals surface area contributed by atoms with E-state index in [0.717, 1.165) is 12.8 Å². The molecule has 1 aliphatic rings. The van der Waals surface area contributed by atoms with Crippen molar-refractivity contribution < 1.29 is 8.42 Å². The maximum Gasteiger partial charge on any atom is 0.214 e. The molecule has 0 heterocycles. The van der Waals surface area contributed by atoms with Crippen molar-refractivity contribution in [2.24, 2.45) is 11.8 Å². The van der Waals surface area contributed by atoms with Gasteiger partial charge in [-0.15, -0.1) is 0 Å². The zero-order valence-corrected chi connectivity index (χ0v) is 10.3. The van der Waals surface area contributed by atoms with E-state index in [2.05, 4.69) is 18.6 Å². The molecule has 0 spiro atoms. The Balaban J connectivity index is 2.37. The molecule has 0 atom stereocenters. The quantitative estimate of drug-likeness (QED) is 0.783. The summed E-state index contributed by atoms with van der Waals surface area (Å²) in [7, 11) is -3.06. The molecule has 0 aromatic rings.